The molecule has 0 aliphatic rings. The SMILES string of the molecule is CCn1c(-c2cc(Cl)ccc2N)nc2ccccc21. The van der Waals surface area contributed by atoms with Crippen LogP contribution in [-0.4, -0.2) is 9.55 Å². The van der Waals surface area contributed by atoms with Crippen molar-refractivity contribution in [3.05, 3.63) is 47.5 Å². The predicted octanol–water partition coefficient (Wildman–Crippen LogP) is 3.96. The molecule has 0 spiro atoms. The molecule has 19 heavy (non-hydrogen) atoms. The van der Waals surface area contributed by atoms with Crippen LogP contribution >= 0.6 is 11.6 Å². The Morgan fingerprint density at radius 3 is 2.79 bits per heavy atom. The first kappa shape index (κ1) is 12.1. The molecule has 0 aliphatic heterocycles. The lowest BCUT2D eigenvalue weighted by molar-refractivity contribution is 0.796. The Morgan fingerprint density at radius 1 is 1.21 bits per heavy atom. The largest absolute Gasteiger partial charge is 0.398 e. The van der Waals surface area contributed by atoms with E-state index in [-0.39, 0.29) is 0 Å². The molecule has 2 aromatic carbocycles. The molecule has 0 amide bonds. The Bertz CT molecular complexity index is 746. The number of fused-ring (bicyclic) bond motifs is 1. The van der Waals surface area contributed by atoms with Crippen LogP contribution in [0.2, 0.25) is 5.02 Å². The zero-order valence-electron chi connectivity index (χ0n) is 10.6. The molecule has 2 N–H and O–H groups in total. The molecule has 3 nitrogen and oxygen atoms in total. The number of para-hydroxylation sites is 2. The first-order chi connectivity index (χ1) is 9.20. The summed E-state index contributed by atoms with van der Waals surface area (Å²) >= 11 is 6.07. The van der Waals surface area contributed by atoms with Gasteiger partial charge in [-0.1, -0.05) is 23.7 Å². The van der Waals surface area contributed by atoms with E-state index < -0.39 is 0 Å². The van der Waals surface area contributed by atoms with E-state index in [4.69, 9.17) is 17.3 Å². The van der Waals surface area contributed by atoms with Crippen molar-refractivity contribution < 1.29 is 0 Å². The van der Waals surface area contributed by atoms with Gasteiger partial charge < -0.3 is 10.3 Å². The summed E-state index contributed by atoms with van der Waals surface area (Å²) in [6, 6.07) is 13.5. The molecule has 0 atom stereocenters. The van der Waals surface area contributed by atoms with Crippen molar-refractivity contribution in [2.75, 3.05) is 5.73 Å². The van der Waals surface area contributed by atoms with E-state index in [2.05, 4.69) is 22.5 Å². The van der Waals surface area contributed by atoms with E-state index in [1.807, 2.05) is 30.3 Å². The van der Waals surface area contributed by atoms with E-state index >= 15 is 0 Å². The Hall–Kier alpha value is -2.00. The number of aromatic nitrogens is 2. The quantitative estimate of drug-likeness (QED) is 0.717. The van der Waals surface area contributed by atoms with Gasteiger partial charge in [0.25, 0.3) is 0 Å². The number of rotatable bonds is 2. The fourth-order valence-corrected chi connectivity index (χ4v) is 2.50. The summed E-state index contributed by atoms with van der Waals surface area (Å²) in [5, 5.41) is 0.666. The van der Waals surface area contributed by atoms with Gasteiger partial charge >= 0.3 is 0 Å². The smallest absolute Gasteiger partial charge is 0.143 e. The standard InChI is InChI=1S/C15H14ClN3/c1-2-19-14-6-4-3-5-13(14)18-15(19)11-9-10(16)7-8-12(11)17/h3-9H,2,17H2,1H3. The van der Waals surface area contributed by atoms with Crippen molar-refractivity contribution in [2.45, 2.75) is 13.5 Å². The lowest BCUT2D eigenvalue weighted by Crippen LogP contribution is -2.00. The molecule has 0 saturated carbocycles. The van der Waals surface area contributed by atoms with Crippen molar-refractivity contribution in [1.29, 1.82) is 0 Å². The lowest BCUT2D eigenvalue weighted by atomic mass is 10.1. The number of hydrogen-bond donors (Lipinski definition) is 1. The number of benzene rings is 2. The molecule has 1 aromatic heterocycles. The van der Waals surface area contributed by atoms with E-state index in [9.17, 15) is 0 Å². The molecule has 0 aliphatic carbocycles. The molecule has 0 radical (unpaired) electrons. The summed E-state index contributed by atoms with van der Waals surface area (Å²) in [7, 11) is 0. The fourth-order valence-electron chi connectivity index (χ4n) is 2.32. The molecule has 3 aromatic rings. The number of imidazole rings is 1. The summed E-state index contributed by atoms with van der Waals surface area (Å²) in [5.41, 5.74) is 9.71. The number of nitrogens with two attached hydrogens (primary N) is 1. The molecule has 1 heterocycles. The molecule has 4 heteroatoms. The summed E-state index contributed by atoms with van der Waals surface area (Å²) in [5.74, 6) is 0.865. The van der Waals surface area contributed by atoms with Crippen LogP contribution in [0.15, 0.2) is 42.5 Å². The van der Waals surface area contributed by atoms with Crippen LogP contribution in [0.4, 0.5) is 5.69 Å². The summed E-state index contributed by atoms with van der Waals surface area (Å²) in [4.78, 5) is 4.68. The summed E-state index contributed by atoms with van der Waals surface area (Å²) in [6.45, 7) is 2.93. The minimum atomic E-state index is 0.666. The Kier molecular flexibility index (Phi) is 2.91. The second kappa shape index (κ2) is 4.59. The third-order valence-electron chi connectivity index (χ3n) is 3.23. The van der Waals surface area contributed by atoms with Crippen molar-refractivity contribution in [3.8, 4) is 11.4 Å². The third kappa shape index (κ3) is 1.96. The molecular weight excluding hydrogens is 258 g/mol. The lowest BCUT2D eigenvalue weighted by Gasteiger charge is -2.08. The number of halogens is 1. The minimum absolute atomic E-state index is 0.666. The second-order valence-corrected chi connectivity index (χ2v) is 4.84. The van der Waals surface area contributed by atoms with Gasteiger partial charge in [0.05, 0.1) is 11.0 Å². The van der Waals surface area contributed by atoms with Crippen LogP contribution in [0.1, 0.15) is 6.92 Å². The van der Waals surface area contributed by atoms with E-state index in [1.165, 1.54) is 0 Å². The highest BCUT2D eigenvalue weighted by Crippen LogP contribution is 2.30. The fraction of sp³-hybridized carbons (Fsp3) is 0.133. The van der Waals surface area contributed by atoms with Crippen LogP contribution in [0.25, 0.3) is 22.4 Å². The zero-order chi connectivity index (χ0) is 13.4. The zero-order valence-corrected chi connectivity index (χ0v) is 11.4. The van der Waals surface area contributed by atoms with Gasteiger partial charge in [0.15, 0.2) is 0 Å². The Morgan fingerprint density at radius 2 is 2.00 bits per heavy atom. The maximum atomic E-state index is 6.07. The number of nitrogen functional groups attached to an aromatic ring is 1. The number of hydrogen-bond acceptors (Lipinski definition) is 2. The van der Waals surface area contributed by atoms with Gasteiger partial charge in [0.1, 0.15) is 5.82 Å². The Labute approximate surface area is 116 Å². The number of aryl methyl sites for hydroxylation is 1. The van der Waals surface area contributed by atoms with Crippen LogP contribution in [-0.2, 0) is 6.54 Å². The first-order valence-electron chi connectivity index (χ1n) is 6.21. The van der Waals surface area contributed by atoms with Gasteiger partial charge in [-0.2, -0.15) is 0 Å². The van der Waals surface area contributed by atoms with E-state index in [0.29, 0.717) is 10.7 Å². The molecule has 0 saturated heterocycles. The monoisotopic (exact) mass is 271 g/mol. The maximum Gasteiger partial charge on any atom is 0.143 e. The van der Waals surface area contributed by atoms with Gasteiger partial charge in [-0.15, -0.1) is 0 Å². The highest BCUT2D eigenvalue weighted by atomic mass is 35.5. The van der Waals surface area contributed by atoms with Crippen LogP contribution in [0, 0.1) is 0 Å². The van der Waals surface area contributed by atoms with Crippen LogP contribution < -0.4 is 5.73 Å². The van der Waals surface area contributed by atoms with Crippen molar-refractivity contribution in [3.63, 3.8) is 0 Å². The normalized spacial score (nSPS) is 11.1. The molecule has 3 rings (SSSR count). The predicted molar refractivity (Wildman–Crippen MR) is 80.3 cm³/mol. The van der Waals surface area contributed by atoms with Crippen molar-refractivity contribution >= 4 is 28.3 Å². The maximum absolute atomic E-state index is 6.07. The van der Waals surface area contributed by atoms with E-state index in [0.717, 1.165) is 29.0 Å². The van der Waals surface area contributed by atoms with Crippen LogP contribution in [0.5, 0.6) is 0 Å². The molecule has 0 bridgehead atoms. The topological polar surface area (TPSA) is 43.8 Å². The van der Waals surface area contributed by atoms with Crippen LogP contribution in [0.3, 0.4) is 0 Å². The number of nitrogens with zero attached hydrogens (tertiary/aromatic N) is 2. The summed E-state index contributed by atoms with van der Waals surface area (Å²) < 4.78 is 2.15. The van der Waals surface area contributed by atoms with Crippen molar-refractivity contribution in [1.82, 2.24) is 9.55 Å². The highest BCUT2D eigenvalue weighted by Gasteiger charge is 2.13. The molecule has 0 fully saturated rings. The first-order valence-corrected chi connectivity index (χ1v) is 6.59. The Balaban J connectivity index is 2.33. The molecule has 0 unspecified atom stereocenters. The average Bonchev–Trinajstić information content (AvgIpc) is 2.79. The van der Waals surface area contributed by atoms with Gasteiger partial charge in [-0.3, -0.25) is 0 Å². The average molecular weight is 272 g/mol. The highest BCUT2D eigenvalue weighted by molar-refractivity contribution is 6.31. The number of anilines is 1. The van der Waals surface area contributed by atoms with Gasteiger partial charge in [0.2, 0.25) is 0 Å². The van der Waals surface area contributed by atoms with E-state index in [1.54, 1.807) is 6.07 Å². The van der Waals surface area contributed by atoms with Gasteiger partial charge in [0, 0.05) is 22.8 Å². The molecular formula is C15H14ClN3. The van der Waals surface area contributed by atoms with Crippen molar-refractivity contribution in [2.24, 2.45) is 0 Å². The molecule has 96 valence electrons. The minimum Gasteiger partial charge on any atom is -0.398 e. The second-order valence-electron chi connectivity index (χ2n) is 4.40. The third-order valence-corrected chi connectivity index (χ3v) is 3.46. The summed E-state index contributed by atoms with van der Waals surface area (Å²) in [6.07, 6.45) is 0. The van der Waals surface area contributed by atoms with Gasteiger partial charge in [-0.25, -0.2) is 4.98 Å². The van der Waals surface area contributed by atoms with Gasteiger partial charge in [-0.05, 0) is 37.3 Å².